The standard InChI is InChI=1S/C22H34BrN3O4/c1-13(2)12-17(25-21(29)24-16-10-8-15(23)9-11-16)19(27)26-18(14(3)4)20(28)30-22(5,6)7/h8-11,13-14,17-18H,12H2,1-7H3,(H,26,27)(H2,24,25,29)/t17-,18-/m0/s1. The molecule has 7 nitrogen and oxygen atoms in total. The van der Waals surface area contributed by atoms with Crippen molar-refractivity contribution >= 4 is 39.5 Å². The fourth-order valence-electron chi connectivity index (χ4n) is 2.68. The molecule has 0 aliphatic heterocycles. The summed E-state index contributed by atoms with van der Waals surface area (Å²) in [5.74, 6) is -0.916. The van der Waals surface area contributed by atoms with Gasteiger partial charge in [0.05, 0.1) is 0 Å². The molecule has 0 spiro atoms. The Morgan fingerprint density at radius 1 is 1.00 bits per heavy atom. The molecule has 3 amide bonds. The zero-order valence-corrected chi connectivity index (χ0v) is 20.4. The molecule has 0 saturated heterocycles. The van der Waals surface area contributed by atoms with E-state index in [1.807, 2.05) is 39.8 Å². The molecule has 0 fully saturated rings. The molecule has 1 aromatic carbocycles. The summed E-state index contributed by atoms with van der Waals surface area (Å²) in [6.45, 7) is 12.9. The summed E-state index contributed by atoms with van der Waals surface area (Å²) in [6.07, 6.45) is 0.429. The van der Waals surface area contributed by atoms with Crippen molar-refractivity contribution in [1.82, 2.24) is 10.6 Å². The Morgan fingerprint density at radius 2 is 1.57 bits per heavy atom. The summed E-state index contributed by atoms with van der Waals surface area (Å²) >= 11 is 3.34. The van der Waals surface area contributed by atoms with E-state index in [1.54, 1.807) is 32.9 Å². The van der Waals surface area contributed by atoms with Crippen molar-refractivity contribution in [3.05, 3.63) is 28.7 Å². The van der Waals surface area contributed by atoms with Crippen LogP contribution >= 0.6 is 15.9 Å². The highest BCUT2D eigenvalue weighted by atomic mass is 79.9. The van der Waals surface area contributed by atoms with Gasteiger partial charge in [0.15, 0.2) is 0 Å². The molecule has 0 bridgehead atoms. The van der Waals surface area contributed by atoms with Gasteiger partial charge in [0, 0.05) is 10.2 Å². The number of urea groups is 1. The molecule has 3 N–H and O–H groups in total. The van der Waals surface area contributed by atoms with E-state index in [1.165, 1.54) is 0 Å². The van der Waals surface area contributed by atoms with E-state index in [0.717, 1.165) is 4.47 Å². The largest absolute Gasteiger partial charge is 0.458 e. The fraction of sp³-hybridized carbons (Fsp3) is 0.591. The number of rotatable bonds is 8. The SMILES string of the molecule is CC(C)C[C@H](NC(=O)Nc1ccc(Br)cc1)C(=O)N[C@H](C(=O)OC(C)(C)C)C(C)C. The first kappa shape index (κ1) is 25.9. The van der Waals surface area contributed by atoms with Crippen LogP contribution in [0.1, 0.15) is 54.9 Å². The molecule has 2 atom stereocenters. The lowest BCUT2D eigenvalue weighted by Gasteiger charge is -2.28. The minimum atomic E-state index is -0.803. The molecule has 0 aliphatic rings. The van der Waals surface area contributed by atoms with Crippen molar-refractivity contribution in [3.8, 4) is 0 Å². The number of benzene rings is 1. The highest BCUT2D eigenvalue weighted by molar-refractivity contribution is 9.10. The highest BCUT2D eigenvalue weighted by Gasteiger charge is 2.32. The summed E-state index contributed by atoms with van der Waals surface area (Å²) in [4.78, 5) is 37.9. The van der Waals surface area contributed by atoms with Crippen LogP contribution in [0.25, 0.3) is 0 Å². The predicted octanol–water partition coefficient (Wildman–Crippen LogP) is 4.47. The van der Waals surface area contributed by atoms with E-state index in [0.29, 0.717) is 12.1 Å². The lowest BCUT2D eigenvalue weighted by atomic mass is 10.0. The van der Waals surface area contributed by atoms with Crippen LogP contribution in [-0.4, -0.2) is 35.6 Å². The minimum absolute atomic E-state index is 0.160. The molecule has 0 heterocycles. The molecule has 30 heavy (non-hydrogen) atoms. The number of ether oxygens (including phenoxy) is 1. The maximum absolute atomic E-state index is 12.9. The first-order valence-corrected chi connectivity index (χ1v) is 10.9. The first-order chi connectivity index (χ1) is 13.8. The monoisotopic (exact) mass is 483 g/mol. The average molecular weight is 484 g/mol. The van der Waals surface area contributed by atoms with Gasteiger partial charge in [-0.1, -0.05) is 43.6 Å². The molecular formula is C22H34BrN3O4. The molecule has 0 aromatic heterocycles. The Balaban J connectivity index is 2.86. The van der Waals surface area contributed by atoms with Gasteiger partial charge in [0.1, 0.15) is 17.7 Å². The van der Waals surface area contributed by atoms with Crippen LogP contribution in [-0.2, 0) is 14.3 Å². The smallest absolute Gasteiger partial charge is 0.329 e. The molecule has 1 aromatic rings. The molecule has 8 heteroatoms. The molecule has 0 unspecified atom stereocenters. The summed E-state index contributed by atoms with van der Waals surface area (Å²) < 4.78 is 6.33. The van der Waals surface area contributed by atoms with E-state index in [4.69, 9.17) is 4.74 Å². The lowest BCUT2D eigenvalue weighted by molar-refractivity contribution is -0.160. The first-order valence-electron chi connectivity index (χ1n) is 10.1. The van der Waals surface area contributed by atoms with Gasteiger partial charge in [0.25, 0.3) is 0 Å². The number of nitrogens with one attached hydrogen (secondary N) is 3. The van der Waals surface area contributed by atoms with E-state index in [9.17, 15) is 14.4 Å². The van der Waals surface area contributed by atoms with Crippen LogP contribution in [0, 0.1) is 11.8 Å². The Hall–Kier alpha value is -2.09. The van der Waals surface area contributed by atoms with Gasteiger partial charge in [-0.3, -0.25) is 4.79 Å². The van der Waals surface area contributed by atoms with Gasteiger partial charge in [-0.15, -0.1) is 0 Å². The highest BCUT2D eigenvalue weighted by Crippen LogP contribution is 2.15. The Morgan fingerprint density at radius 3 is 2.03 bits per heavy atom. The van der Waals surface area contributed by atoms with Gasteiger partial charge in [0.2, 0.25) is 5.91 Å². The fourth-order valence-corrected chi connectivity index (χ4v) is 2.94. The van der Waals surface area contributed by atoms with Crippen molar-refractivity contribution in [3.63, 3.8) is 0 Å². The van der Waals surface area contributed by atoms with Crippen LogP contribution in [0.15, 0.2) is 28.7 Å². The third kappa shape index (κ3) is 9.61. The molecule has 168 valence electrons. The van der Waals surface area contributed by atoms with Crippen LogP contribution in [0.5, 0.6) is 0 Å². The van der Waals surface area contributed by atoms with Crippen molar-refractivity contribution in [2.45, 2.75) is 72.6 Å². The van der Waals surface area contributed by atoms with E-state index < -0.39 is 35.6 Å². The average Bonchev–Trinajstić information content (AvgIpc) is 2.58. The van der Waals surface area contributed by atoms with Gasteiger partial charge in [-0.2, -0.15) is 0 Å². The zero-order valence-electron chi connectivity index (χ0n) is 18.8. The number of amides is 3. The Bertz CT molecular complexity index is 727. The molecule has 0 aliphatic carbocycles. The van der Waals surface area contributed by atoms with Gasteiger partial charge in [-0.05, 0) is 63.3 Å². The number of esters is 1. The zero-order chi connectivity index (χ0) is 23.1. The third-order valence-electron chi connectivity index (χ3n) is 4.06. The summed E-state index contributed by atoms with van der Waals surface area (Å²) in [6, 6.07) is 5.03. The number of hydrogen-bond acceptors (Lipinski definition) is 4. The second-order valence-electron chi connectivity index (χ2n) is 9.05. The van der Waals surface area contributed by atoms with Crippen molar-refractivity contribution in [2.24, 2.45) is 11.8 Å². The second-order valence-corrected chi connectivity index (χ2v) is 9.97. The van der Waals surface area contributed by atoms with Crippen LogP contribution < -0.4 is 16.0 Å². The number of halogens is 1. The quantitative estimate of drug-likeness (QED) is 0.475. The van der Waals surface area contributed by atoms with E-state index in [2.05, 4.69) is 31.9 Å². The van der Waals surface area contributed by atoms with Crippen LogP contribution in [0.2, 0.25) is 0 Å². The third-order valence-corrected chi connectivity index (χ3v) is 4.58. The Kier molecular flexibility index (Phi) is 9.81. The number of hydrogen-bond donors (Lipinski definition) is 3. The number of carbonyl (C=O) groups excluding carboxylic acids is 3. The van der Waals surface area contributed by atoms with Gasteiger partial charge < -0.3 is 20.7 Å². The van der Waals surface area contributed by atoms with Gasteiger partial charge in [-0.25, -0.2) is 9.59 Å². The number of anilines is 1. The number of carbonyl (C=O) groups is 3. The summed E-state index contributed by atoms with van der Waals surface area (Å²) in [5.41, 5.74) is -0.0528. The van der Waals surface area contributed by atoms with Crippen LogP contribution in [0.4, 0.5) is 10.5 Å². The van der Waals surface area contributed by atoms with Crippen LogP contribution in [0.3, 0.4) is 0 Å². The minimum Gasteiger partial charge on any atom is -0.458 e. The van der Waals surface area contributed by atoms with E-state index >= 15 is 0 Å². The second kappa shape index (κ2) is 11.3. The topological polar surface area (TPSA) is 96.5 Å². The van der Waals surface area contributed by atoms with Gasteiger partial charge >= 0.3 is 12.0 Å². The van der Waals surface area contributed by atoms with Crippen molar-refractivity contribution < 1.29 is 19.1 Å². The lowest BCUT2D eigenvalue weighted by Crippen LogP contribution is -2.55. The van der Waals surface area contributed by atoms with E-state index in [-0.39, 0.29) is 11.8 Å². The maximum Gasteiger partial charge on any atom is 0.329 e. The van der Waals surface area contributed by atoms with Crippen molar-refractivity contribution in [1.29, 1.82) is 0 Å². The predicted molar refractivity (Wildman–Crippen MR) is 122 cm³/mol. The molecule has 0 saturated carbocycles. The molecular weight excluding hydrogens is 450 g/mol. The summed E-state index contributed by atoms with van der Waals surface area (Å²) in [7, 11) is 0. The maximum atomic E-state index is 12.9. The normalized spacial score (nSPS) is 13.5. The van der Waals surface area contributed by atoms with Crippen molar-refractivity contribution in [2.75, 3.05) is 5.32 Å². The molecule has 1 rings (SSSR count). The molecule has 0 radical (unpaired) electrons. The Labute approximate surface area is 187 Å². The summed E-state index contributed by atoms with van der Waals surface area (Å²) in [5, 5.41) is 8.19.